The van der Waals surface area contributed by atoms with Gasteiger partial charge in [0, 0.05) is 19.0 Å². The minimum absolute atomic E-state index is 0.000504. The quantitative estimate of drug-likeness (QED) is 0.606. The zero-order valence-corrected chi connectivity index (χ0v) is 13.3. The first kappa shape index (κ1) is 17.7. The fraction of sp³-hybridized carbons (Fsp3) is 0.611. The van der Waals surface area contributed by atoms with Crippen LogP contribution < -0.4 is 11.1 Å². The van der Waals surface area contributed by atoms with Gasteiger partial charge in [0.2, 0.25) is 5.91 Å². The van der Waals surface area contributed by atoms with Gasteiger partial charge in [-0.2, -0.15) is 0 Å². The number of amides is 1. The summed E-state index contributed by atoms with van der Waals surface area (Å²) in [6, 6.07) is 10.0. The first-order valence-electron chi connectivity index (χ1n) is 8.31. The molecule has 1 atom stereocenters. The average Bonchev–Trinajstić information content (AvgIpc) is 2.51. The summed E-state index contributed by atoms with van der Waals surface area (Å²) in [6.45, 7) is 2.87. The lowest BCUT2D eigenvalue weighted by Crippen LogP contribution is -2.26. The Hall–Kier alpha value is -1.35. The fourth-order valence-corrected chi connectivity index (χ4v) is 2.39. The highest BCUT2D eigenvalue weighted by atomic mass is 16.1. The number of unbranched alkanes of at least 4 members (excludes halogenated alkanes) is 5. The van der Waals surface area contributed by atoms with Crippen LogP contribution in [0.5, 0.6) is 0 Å². The zero-order valence-electron chi connectivity index (χ0n) is 13.3. The summed E-state index contributed by atoms with van der Waals surface area (Å²) in [5.74, 6) is 0.158. The van der Waals surface area contributed by atoms with E-state index in [9.17, 15) is 4.79 Å². The maximum Gasteiger partial charge on any atom is 0.219 e. The molecule has 0 aromatic heterocycles. The molecule has 0 spiro atoms. The number of benzene rings is 1. The van der Waals surface area contributed by atoms with Crippen molar-refractivity contribution in [2.45, 2.75) is 64.3 Å². The summed E-state index contributed by atoms with van der Waals surface area (Å²) < 4.78 is 0. The molecule has 1 rings (SSSR count). The predicted octanol–water partition coefficient (Wildman–Crippen LogP) is 3.94. The van der Waals surface area contributed by atoms with Crippen LogP contribution in [0, 0.1) is 0 Å². The van der Waals surface area contributed by atoms with E-state index in [0.717, 1.165) is 24.8 Å². The van der Waals surface area contributed by atoms with E-state index in [1.165, 1.54) is 25.7 Å². The van der Waals surface area contributed by atoms with E-state index >= 15 is 0 Å². The first-order chi connectivity index (χ1) is 10.2. The molecule has 1 aromatic carbocycles. The van der Waals surface area contributed by atoms with Crippen molar-refractivity contribution in [3.05, 3.63) is 35.9 Å². The lowest BCUT2D eigenvalue weighted by atomic mass is 10.0. The van der Waals surface area contributed by atoms with Gasteiger partial charge in [0.1, 0.15) is 0 Å². The van der Waals surface area contributed by atoms with Crippen molar-refractivity contribution in [3.8, 4) is 0 Å². The summed E-state index contributed by atoms with van der Waals surface area (Å²) in [4.78, 5) is 11.7. The van der Waals surface area contributed by atoms with E-state index in [1.54, 1.807) is 0 Å². The van der Waals surface area contributed by atoms with Crippen LogP contribution in [-0.4, -0.2) is 12.5 Å². The topological polar surface area (TPSA) is 55.1 Å². The van der Waals surface area contributed by atoms with Crippen LogP contribution in [-0.2, 0) is 4.79 Å². The van der Waals surface area contributed by atoms with E-state index in [-0.39, 0.29) is 11.9 Å². The van der Waals surface area contributed by atoms with Crippen LogP contribution in [0.2, 0.25) is 0 Å². The Morgan fingerprint density at radius 1 is 1.10 bits per heavy atom. The second-order valence-corrected chi connectivity index (χ2v) is 5.67. The standard InChI is InChI=1S/C18H30N2O/c1-2-3-4-5-6-10-13-18(21)20-15-14-17(19)16-11-8-7-9-12-16/h7-9,11-12,17H,2-6,10,13-15,19H2,1H3,(H,20,21). The molecule has 0 aliphatic heterocycles. The van der Waals surface area contributed by atoms with Crippen molar-refractivity contribution in [1.82, 2.24) is 5.32 Å². The van der Waals surface area contributed by atoms with Gasteiger partial charge in [-0.05, 0) is 18.4 Å². The number of nitrogens with two attached hydrogens (primary N) is 1. The van der Waals surface area contributed by atoms with Crippen LogP contribution in [0.4, 0.5) is 0 Å². The van der Waals surface area contributed by atoms with Crippen LogP contribution in [0.1, 0.15) is 69.9 Å². The lowest BCUT2D eigenvalue weighted by Gasteiger charge is -2.12. The largest absolute Gasteiger partial charge is 0.356 e. The normalized spacial score (nSPS) is 12.1. The Morgan fingerprint density at radius 2 is 1.76 bits per heavy atom. The molecule has 1 amide bonds. The van der Waals surface area contributed by atoms with Crippen LogP contribution in [0.15, 0.2) is 30.3 Å². The van der Waals surface area contributed by atoms with Gasteiger partial charge >= 0.3 is 0 Å². The van der Waals surface area contributed by atoms with Gasteiger partial charge in [0.25, 0.3) is 0 Å². The molecule has 118 valence electrons. The molecule has 0 aliphatic rings. The van der Waals surface area contributed by atoms with E-state index in [1.807, 2.05) is 30.3 Å². The number of nitrogens with one attached hydrogen (secondary N) is 1. The smallest absolute Gasteiger partial charge is 0.219 e. The van der Waals surface area contributed by atoms with Crippen molar-refractivity contribution in [2.24, 2.45) is 5.73 Å². The third kappa shape index (κ3) is 8.51. The Kier molecular flexibility index (Phi) is 9.55. The van der Waals surface area contributed by atoms with Gasteiger partial charge in [0.15, 0.2) is 0 Å². The number of hydrogen-bond acceptors (Lipinski definition) is 2. The highest BCUT2D eigenvalue weighted by Gasteiger charge is 2.06. The maximum atomic E-state index is 11.7. The van der Waals surface area contributed by atoms with Crippen LogP contribution in [0.3, 0.4) is 0 Å². The van der Waals surface area contributed by atoms with E-state index in [0.29, 0.717) is 13.0 Å². The molecule has 1 aromatic rings. The van der Waals surface area contributed by atoms with Crippen LogP contribution >= 0.6 is 0 Å². The molecule has 0 saturated heterocycles. The minimum atomic E-state index is 0.000504. The molecule has 0 bridgehead atoms. The molecular weight excluding hydrogens is 260 g/mol. The second-order valence-electron chi connectivity index (χ2n) is 5.67. The number of carbonyl (C=O) groups excluding carboxylic acids is 1. The van der Waals surface area contributed by atoms with Crippen LogP contribution in [0.25, 0.3) is 0 Å². The SMILES string of the molecule is CCCCCCCCC(=O)NCCC(N)c1ccccc1. The molecular formula is C18H30N2O. The summed E-state index contributed by atoms with van der Waals surface area (Å²) >= 11 is 0. The fourth-order valence-electron chi connectivity index (χ4n) is 2.39. The number of carbonyl (C=O) groups is 1. The third-order valence-electron chi connectivity index (χ3n) is 3.76. The minimum Gasteiger partial charge on any atom is -0.356 e. The summed E-state index contributed by atoms with van der Waals surface area (Å²) in [6.07, 6.45) is 8.71. The van der Waals surface area contributed by atoms with Crippen molar-refractivity contribution >= 4 is 5.91 Å². The molecule has 0 heterocycles. The number of hydrogen-bond donors (Lipinski definition) is 2. The van der Waals surface area contributed by atoms with Crippen molar-refractivity contribution < 1.29 is 4.79 Å². The molecule has 21 heavy (non-hydrogen) atoms. The molecule has 0 aliphatic carbocycles. The molecule has 3 N–H and O–H groups in total. The summed E-state index contributed by atoms with van der Waals surface area (Å²) in [5.41, 5.74) is 7.23. The molecule has 0 saturated carbocycles. The molecule has 3 heteroatoms. The van der Waals surface area contributed by atoms with E-state index < -0.39 is 0 Å². The summed E-state index contributed by atoms with van der Waals surface area (Å²) in [5, 5.41) is 2.97. The van der Waals surface area contributed by atoms with Crippen molar-refractivity contribution in [3.63, 3.8) is 0 Å². The highest BCUT2D eigenvalue weighted by Crippen LogP contribution is 2.12. The average molecular weight is 290 g/mol. The van der Waals surface area contributed by atoms with Gasteiger partial charge in [-0.25, -0.2) is 0 Å². The van der Waals surface area contributed by atoms with Gasteiger partial charge in [0.05, 0.1) is 0 Å². The Bertz CT molecular complexity index is 378. The monoisotopic (exact) mass is 290 g/mol. The molecule has 1 unspecified atom stereocenters. The third-order valence-corrected chi connectivity index (χ3v) is 3.76. The lowest BCUT2D eigenvalue weighted by molar-refractivity contribution is -0.121. The Balaban J connectivity index is 2.03. The van der Waals surface area contributed by atoms with Crippen molar-refractivity contribution in [2.75, 3.05) is 6.54 Å². The first-order valence-corrected chi connectivity index (χ1v) is 8.31. The van der Waals surface area contributed by atoms with E-state index in [2.05, 4.69) is 12.2 Å². The predicted molar refractivity (Wildman–Crippen MR) is 89.0 cm³/mol. The van der Waals surface area contributed by atoms with Gasteiger partial charge in [-0.15, -0.1) is 0 Å². The Labute approximate surface area is 129 Å². The van der Waals surface area contributed by atoms with Gasteiger partial charge in [-0.1, -0.05) is 69.4 Å². The molecule has 3 nitrogen and oxygen atoms in total. The van der Waals surface area contributed by atoms with Gasteiger partial charge in [-0.3, -0.25) is 4.79 Å². The van der Waals surface area contributed by atoms with E-state index in [4.69, 9.17) is 5.73 Å². The highest BCUT2D eigenvalue weighted by molar-refractivity contribution is 5.75. The molecule has 0 fully saturated rings. The number of rotatable bonds is 11. The molecule has 0 radical (unpaired) electrons. The maximum absolute atomic E-state index is 11.7. The van der Waals surface area contributed by atoms with Crippen molar-refractivity contribution in [1.29, 1.82) is 0 Å². The zero-order chi connectivity index (χ0) is 15.3. The Morgan fingerprint density at radius 3 is 2.48 bits per heavy atom. The second kappa shape index (κ2) is 11.3. The summed E-state index contributed by atoms with van der Waals surface area (Å²) in [7, 11) is 0. The van der Waals surface area contributed by atoms with Gasteiger partial charge < -0.3 is 11.1 Å².